The normalized spacial score (nSPS) is 29.0. The first kappa shape index (κ1) is 18.6. The first-order valence-corrected chi connectivity index (χ1v) is 10.6. The van der Waals surface area contributed by atoms with Crippen molar-refractivity contribution in [3.05, 3.63) is 60.1 Å². The van der Waals surface area contributed by atoms with Gasteiger partial charge in [-0.05, 0) is 54.4 Å². The summed E-state index contributed by atoms with van der Waals surface area (Å²) in [6.07, 6.45) is 10.5. The average molecular weight is 421 g/mol. The van der Waals surface area contributed by atoms with Crippen molar-refractivity contribution in [2.45, 2.75) is 38.3 Å². The zero-order chi connectivity index (χ0) is 21.2. The summed E-state index contributed by atoms with van der Waals surface area (Å²) in [5.74, 6) is -1.10. The lowest BCUT2D eigenvalue weighted by Gasteiger charge is -2.38. The molecule has 1 aromatic carbocycles. The molecular formula is C23H21F2N5O. The number of carbonyl (C=O) groups excluding carboxylic acids is 1. The Bertz CT molecular complexity index is 1160. The van der Waals surface area contributed by atoms with Crippen LogP contribution >= 0.6 is 0 Å². The molecule has 3 fully saturated rings. The number of carbonyl (C=O) groups is 1. The molecule has 7 rings (SSSR count). The van der Waals surface area contributed by atoms with Crippen LogP contribution in [0.1, 0.15) is 37.3 Å². The van der Waals surface area contributed by atoms with Gasteiger partial charge in [-0.1, -0.05) is 0 Å². The van der Waals surface area contributed by atoms with E-state index in [1.807, 2.05) is 16.9 Å². The number of aromatic nitrogens is 3. The smallest absolute Gasteiger partial charge is 0.246 e. The molecule has 3 heterocycles. The molecule has 6 nitrogen and oxygen atoms in total. The van der Waals surface area contributed by atoms with E-state index in [4.69, 9.17) is 0 Å². The zero-order valence-corrected chi connectivity index (χ0v) is 16.8. The Morgan fingerprint density at radius 1 is 1.16 bits per heavy atom. The quantitative estimate of drug-likeness (QED) is 0.638. The van der Waals surface area contributed by atoms with Crippen molar-refractivity contribution >= 4 is 23.0 Å². The van der Waals surface area contributed by atoms with Gasteiger partial charge in [-0.2, -0.15) is 10.2 Å². The lowest BCUT2D eigenvalue weighted by Crippen LogP contribution is -2.35. The third-order valence-electron chi connectivity index (χ3n) is 7.11. The van der Waals surface area contributed by atoms with Crippen molar-refractivity contribution in [3.8, 4) is 0 Å². The van der Waals surface area contributed by atoms with Crippen molar-refractivity contribution in [1.29, 1.82) is 0 Å². The lowest BCUT2D eigenvalue weighted by atomic mass is 9.69. The van der Waals surface area contributed by atoms with Gasteiger partial charge in [-0.3, -0.25) is 14.5 Å². The summed E-state index contributed by atoms with van der Waals surface area (Å²) >= 11 is 0. The van der Waals surface area contributed by atoms with Crippen LogP contribution in [0.15, 0.2) is 48.0 Å². The number of fused-ring (bicyclic) bond motifs is 2. The molecule has 8 heteroatoms. The Labute approximate surface area is 177 Å². The van der Waals surface area contributed by atoms with E-state index in [9.17, 15) is 13.6 Å². The van der Waals surface area contributed by atoms with Gasteiger partial charge in [-0.15, -0.1) is 0 Å². The zero-order valence-electron chi connectivity index (χ0n) is 16.8. The number of amides is 1. The van der Waals surface area contributed by atoms with Crippen molar-refractivity contribution in [1.82, 2.24) is 19.8 Å². The highest BCUT2D eigenvalue weighted by molar-refractivity contribution is 5.83. The van der Waals surface area contributed by atoms with E-state index in [1.165, 1.54) is 17.1 Å². The maximum absolute atomic E-state index is 13.7. The maximum atomic E-state index is 13.7. The Balaban J connectivity index is 1.19. The number of hydrogen-bond donors (Lipinski definition) is 0. The Hall–Kier alpha value is -3.16. The minimum atomic E-state index is -0.641. The molecule has 1 amide bonds. The molecule has 0 saturated heterocycles. The van der Waals surface area contributed by atoms with Gasteiger partial charge in [0.1, 0.15) is 17.2 Å². The fourth-order valence-corrected chi connectivity index (χ4v) is 5.80. The summed E-state index contributed by atoms with van der Waals surface area (Å²) in [5, 5.41) is 11.4. The van der Waals surface area contributed by atoms with Gasteiger partial charge in [0.2, 0.25) is 5.91 Å². The number of rotatable bonds is 4. The number of benzene rings is 1. The maximum Gasteiger partial charge on any atom is 0.246 e. The predicted octanol–water partition coefficient (Wildman–Crippen LogP) is 4.09. The van der Waals surface area contributed by atoms with Crippen LogP contribution in [0.3, 0.4) is 0 Å². The first-order valence-electron chi connectivity index (χ1n) is 10.6. The first-order chi connectivity index (χ1) is 15.0. The summed E-state index contributed by atoms with van der Waals surface area (Å²) in [5.41, 5.74) is 1.39. The minimum absolute atomic E-state index is 0.0392. The molecule has 3 aliphatic carbocycles. The van der Waals surface area contributed by atoms with Crippen LogP contribution in [0, 0.1) is 28.9 Å². The molecule has 3 saturated carbocycles. The van der Waals surface area contributed by atoms with Crippen molar-refractivity contribution in [2.75, 3.05) is 0 Å². The molecule has 2 atom stereocenters. The molecule has 2 bridgehead atoms. The topological polar surface area (TPSA) is 63.4 Å². The van der Waals surface area contributed by atoms with E-state index >= 15 is 0 Å². The van der Waals surface area contributed by atoms with Gasteiger partial charge < -0.3 is 0 Å². The number of nitrogens with zero attached hydrogens (tertiary/aromatic N) is 5. The standard InChI is InChI=1S/C23H21F2N5O/c24-17-5-15(6-18(25)7-17)21-2-4-27-30(21)22(31)19-10-23(8-16(19)9-23)13-29-12-14-1-3-26-11-20(14)28-29/h1,3-7,11-12,16,19,21H,2,8-10,13H2/t16?,19-,21?,23?/m0/s1. The second kappa shape index (κ2) is 6.67. The van der Waals surface area contributed by atoms with Gasteiger partial charge in [0, 0.05) is 48.9 Å². The third-order valence-corrected chi connectivity index (χ3v) is 7.11. The molecule has 2 aromatic heterocycles. The average Bonchev–Trinajstić information content (AvgIpc) is 3.47. The summed E-state index contributed by atoms with van der Waals surface area (Å²) in [6.45, 7) is 0.782. The number of halogens is 2. The van der Waals surface area contributed by atoms with Gasteiger partial charge in [0.25, 0.3) is 0 Å². The van der Waals surface area contributed by atoms with Crippen molar-refractivity contribution in [3.63, 3.8) is 0 Å². The SMILES string of the molecule is O=C([C@H]1CC2(Cn3cc4ccncc4n3)CC1C2)N1N=CCC1c1cc(F)cc(F)c1. The van der Waals surface area contributed by atoms with Gasteiger partial charge in [-0.25, -0.2) is 13.8 Å². The highest BCUT2D eigenvalue weighted by atomic mass is 19.1. The molecule has 4 aliphatic rings. The molecule has 0 spiro atoms. The van der Waals surface area contributed by atoms with E-state index in [1.54, 1.807) is 18.6 Å². The van der Waals surface area contributed by atoms with E-state index in [0.717, 1.165) is 42.8 Å². The molecule has 1 unspecified atom stereocenters. The summed E-state index contributed by atoms with van der Waals surface area (Å²) < 4.78 is 29.4. The van der Waals surface area contributed by atoms with E-state index in [-0.39, 0.29) is 17.2 Å². The van der Waals surface area contributed by atoms with Crippen LogP contribution in [-0.4, -0.2) is 31.9 Å². The largest absolute Gasteiger partial charge is 0.273 e. The van der Waals surface area contributed by atoms with Gasteiger partial charge >= 0.3 is 0 Å². The monoisotopic (exact) mass is 421 g/mol. The Morgan fingerprint density at radius 3 is 2.74 bits per heavy atom. The number of hydrogen-bond acceptors (Lipinski definition) is 4. The van der Waals surface area contributed by atoms with E-state index in [0.29, 0.717) is 17.9 Å². The summed E-state index contributed by atoms with van der Waals surface area (Å²) in [7, 11) is 0. The van der Waals surface area contributed by atoms with Crippen LogP contribution in [0.25, 0.3) is 10.9 Å². The molecule has 3 aromatic rings. The minimum Gasteiger partial charge on any atom is -0.273 e. The van der Waals surface area contributed by atoms with Crippen LogP contribution in [0.5, 0.6) is 0 Å². The van der Waals surface area contributed by atoms with Gasteiger partial charge in [0.05, 0.1) is 12.2 Å². The lowest BCUT2D eigenvalue weighted by molar-refractivity contribution is -0.138. The number of pyridine rings is 1. The highest BCUT2D eigenvalue weighted by Gasteiger charge is 2.59. The summed E-state index contributed by atoms with van der Waals surface area (Å²) in [6, 6.07) is 4.92. The molecular weight excluding hydrogens is 400 g/mol. The molecule has 0 radical (unpaired) electrons. The Kier molecular flexibility index (Phi) is 4.00. The van der Waals surface area contributed by atoms with E-state index in [2.05, 4.69) is 15.2 Å². The van der Waals surface area contributed by atoms with Crippen molar-refractivity contribution in [2.24, 2.45) is 22.4 Å². The Morgan fingerprint density at radius 2 is 1.97 bits per heavy atom. The highest BCUT2D eigenvalue weighted by Crippen LogP contribution is 2.63. The fourth-order valence-electron chi connectivity index (χ4n) is 5.80. The molecule has 1 aliphatic heterocycles. The van der Waals surface area contributed by atoms with Crippen LogP contribution in [0.2, 0.25) is 0 Å². The molecule has 0 N–H and O–H groups in total. The van der Waals surface area contributed by atoms with Crippen LogP contribution in [-0.2, 0) is 11.3 Å². The van der Waals surface area contributed by atoms with Crippen molar-refractivity contribution < 1.29 is 13.6 Å². The van der Waals surface area contributed by atoms with Crippen LogP contribution in [0.4, 0.5) is 8.78 Å². The van der Waals surface area contributed by atoms with Gasteiger partial charge in [0.15, 0.2) is 0 Å². The molecule has 31 heavy (non-hydrogen) atoms. The summed E-state index contributed by atoms with van der Waals surface area (Å²) in [4.78, 5) is 17.5. The predicted molar refractivity (Wildman–Crippen MR) is 110 cm³/mol. The fraction of sp³-hybridized carbons (Fsp3) is 0.391. The number of hydrazone groups is 1. The second-order valence-corrected chi connectivity index (χ2v) is 9.18. The van der Waals surface area contributed by atoms with E-state index < -0.39 is 17.7 Å². The molecule has 158 valence electrons. The van der Waals surface area contributed by atoms with Crippen LogP contribution < -0.4 is 0 Å². The third kappa shape index (κ3) is 3.04. The second-order valence-electron chi connectivity index (χ2n) is 9.18.